The average Bonchev–Trinajstić information content (AvgIpc) is 3.19. The molecule has 6 aromatic carbocycles. The SMILES string of the molecule is CC(C)(C)c1cc2c3c(c1)N(c1ccccc1)c1nc4c(cc1B3c1ccccc1O2)N(c1ccccc1)c1cc(C(C)(C)C)cc2c1B4c1ccccc1S2. The zero-order chi connectivity index (χ0) is 38.1. The number of rotatable bonds is 2. The van der Waals surface area contributed by atoms with Gasteiger partial charge in [0.25, 0.3) is 13.4 Å². The third-order valence-corrected chi connectivity index (χ3v) is 13.2. The first kappa shape index (κ1) is 33.7. The largest absolute Gasteiger partial charge is 0.458 e. The van der Waals surface area contributed by atoms with Gasteiger partial charge in [-0.1, -0.05) is 132 Å². The Balaban J connectivity index is 1.28. The van der Waals surface area contributed by atoms with E-state index < -0.39 is 0 Å². The summed E-state index contributed by atoms with van der Waals surface area (Å²) in [5.74, 6) is 2.80. The van der Waals surface area contributed by atoms with E-state index in [1.54, 1.807) is 0 Å². The number of ether oxygens (including phenoxy) is 1. The van der Waals surface area contributed by atoms with E-state index >= 15 is 0 Å². The molecular formula is C49H41B2N3OS. The van der Waals surface area contributed by atoms with Gasteiger partial charge in [-0.3, -0.25) is 4.90 Å². The number of hydrogen-bond acceptors (Lipinski definition) is 5. The molecule has 5 heterocycles. The van der Waals surface area contributed by atoms with E-state index in [0.717, 1.165) is 45.7 Å². The fourth-order valence-corrected chi connectivity index (χ4v) is 10.4. The molecule has 0 bridgehead atoms. The van der Waals surface area contributed by atoms with Crippen LogP contribution in [-0.2, 0) is 10.8 Å². The molecule has 7 aromatic rings. The van der Waals surface area contributed by atoms with Gasteiger partial charge < -0.3 is 9.64 Å². The van der Waals surface area contributed by atoms with Crippen LogP contribution in [-0.4, -0.2) is 18.4 Å². The van der Waals surface area contributed by atoms with Crippen LogP contribution in [0.1, 0.15) is 52.7 Å². The molecule has 1 aromatic heterocycles. The molecule has 0 saturated heterocycles. The zero-order valence-electron chi connectivity index (χ0n) is 32.6. The summed E-state index contributed by atoms with van der Waals surface area (Å²) in [6, 6.07) is 51.3. The Labute approximate surface area is 334 Å². The molecule has 7 heteroatoms. The van der Waals surface area contributed by atoms with Gasteiger partial charge in [-0.05, 0) is 111 Å². The molecule has 4 aliphatic heterocycles. The summed E-state index contributed by atoms with van der Waals surface area (Å²) >= 11 is 1.90. The first-order valence-electron chi connectivity index (χ1n) is 19.7. The highest BCUT2D eigenvalue weighted by Crippen LogP contribution is 2.46. The summed E-state index contributed by atoms with van der Waals surface area (Å²) in [7, 11) is 0. The highest BCUT2D eigenvalue weighted by atomic mass is 32.2. The van der Waals surface area contributed by atoms with Crippen LogP contribution in [0.25, 0.3) is 0 Å². The van der Waals surface area contributed by atoms with E-state index in [1.807, 2.05) is 11.8 Å². The van der Waals surface area contributed by atoms with Gasteiger partial charge in [0.1, 0.15) is 17.3 Å². The molecule has 0 amide bonds. The van der Waals surface area contributed by atoms with Crippen LogP contribution in [0.2, 0.25) is 0 Å². The predicted octanol–water partition coefficient (Wildman–Crippen LogP) is 8.85. The second kappa shape index (κ2) is 11.9. The lowest BCUT2D eigenvalue weighted by Crippen LogP contribution is -2.64. The minimum absolute atomic E-state index is 0.0378. The number of aromatic nitrogens is 1. The van der Waals surface area contributed by atoms with Crippen molar-refractivity contribution in [3.8, 4) is 11.5 Å². The molecule has 56 heavy (non-hydrogen) atoms. The topological polar surface area (TPSA) is 28.6 Å². The van der Waals surface area contributed by atoms with Gasteiger partial charge in [0.2, 0.25) is 0 Å². The lowest BCUT2D eigenvalue weighted by molar-refractivity contribution is 0.483. The molecule has 0 radical (unpaired) electrons. The van der Waals surface area contributed by atoms with Gasteiger partial charge in [-0.2, -0.15) is 0 Å². The molecule has 0 N–H and O–H groups in total. The van der Waals surface area contributed by atoms with Crippen LogP contribution in [0.4, 0.5) is 34.3 Å². The lowest BCUT2D eigenvalue weighted by Gasteiger charge is -2.44. The normalized spacial score (nSPS) is 14.5. The fourth-order valence-electron chi connectivity index (χ4n) is 9.23. The standard InChI is InChI=1S/C49H41B2N3OS/c1-48(2,3)30-25-37-44-41(27-30)55-40-23-15-13-21-34(40)50(44)36-29-39-46(52-47(36)54(37)33-19-11-8-12-20-33)51-35-22-14-16-24-42(35)56-43-28-31(49(4,5)6)26-38(45(43)51)53(39)32-17-9-7-10-18-32/h7-29H,1-6H3. The van der Waals surface area contributed by atoms with Crippen LogP contribution in [0, 0.1) is 0 Å². The lowest BCUT2D eigenvalue weighted by atomic mass is 9.33. The minimum atomic E-state index is -0.0983. The van der Waals surface area contributed by atoms with Crippen molar-refractivity contribution in [1.29, 1.82) is 0 Å². The van der Waals surface area contributed by atoms with Crippen molar-refractivity contribution in [3.63, 3.8) is 0 Å². The van der Waals surface area contributed by atoms with Gasteiger partial charge in [-0.15, -0.1) is 0 Å². The maximum Gasteiger partial charge on any atom is 0.273 e. The quantitative estimate of drug-likeness (QED) is 0.165. The van der Waals surface area contributed by atoms with Gasteiger partial charge in [0, 0.05) is 38.1 Å². The maximum absolute atomic E-state index is 6.89. The number of para-hydroxylation sites is 3. The zero-order valence-corrected chi connectivity index (χ0v) is 33.4. The Morgan fingerprint density at radius 3 is 1.79 bits per heavy atom. The molecule has 0 fully saturated rings. The number of nitrogens with zero attached hydrogens (tertiary/aromatic N) is 3. The van der Waals surface area contributed by atoms with E-state index in [2.05, 4.69) is 191 Å². The van der Waals surface area contributed by atoms with E-state index in [9.17, 15) is 0 Å². The number of hydrogen-bond donors (Lipinski definition) is 0. The Kier molecular flexibility index (Phi) is 7.17. The summed E-state index contributed by atoms with van der Waals surface area (Å²) in [6.07, 6.45) is 0. The first-order valence-corrected chi connectivity index (χ1v) is 20.5. The maximum atomic E-state index is 6.89. The second-order valence-electron chi connectivity index (χ2n) is 17.6. The van der Waals surface area contributed by atoms with Crippen LogP contribution >= 0.6 is 11.8 Å². The van der Waals surface area contributed by atoms with Crippen molar-refractivity contribution >= 4 is 92.3 Å². The average molecular weight is 742 g/mol. The number of anilines is 6. The van der Waals surface area contributed by atoms with E-state index in [4.69, 9.17) is 9.72 Å². The highest BCUT2D eigenvalue weighted by Gasteiger charge is 2.48. The van der Waals surface area contributed by atoms with E-state index in [1.165, 1.54) is 53.9 Å². The molecule has 270 valence electrons. The van der Waals surface area contributed by atoms with Crippen molar-refractivity contribution in [1.82, 2.24) is 4.98 Å². The second-order valence-corrected chi connectivity index (χ2v) is 18.7. The molecule has 0 spiro atoms. The molecule has 0 saturated carbocycles. The monoisotopic (exact) mass is 741 g/mol. The molecule has 0 atom stereocenters. The van der Waals surface area contributed by atoms with Crippen molar-refractivity contribution in [2.75, 3.05) is 9.80 Å². The Morgan fingerprint density at radius 2 is 1.09 bits per heavy atom. The Hall–Kier alpha value is -5.65. The summed E-state index contributed by atoms with van der Waals surface area (Å²) in [6.45, 7) is 13.7. The van der Waals surface area contributed by atoms with E-state index in [-0.39, 0.29) is 24.3 Å². The smallest absolute Gasteiger partial charge is 0.273 e. The van der Waals surface area contributed by atoms with Gasteiger partial charge in [0.15, 0.2) is 0 Å². The van der Waals surface area contributed by atoms with Gasteiger partial charge in [0.05, 0.1) is 5.69 Å². The third kappa shape index (κ3) is 4.93. The highest BCUT2D eigenvalue weighted by molar-refractivity contribution is 8.00. The van der Waals surface area contributed by atoms with Crippen LogP contribution in [0.5, 0.6) is 11.5 Å². The molecular weight excluding hydrogens is 700 g/mol. The van der Waals surface area contributed by atoms with Crippen molar-refractivity contribution in [2.45, 2.75) is 62.2 Å². The molecule has 4 nitrogen and oxygen atoms in total. The molecule has 0 aliphatic carbocycles. The van der Waals surface area contributed by atoms with Crippen LogP contribution < -0.4 is 47.4 Å². The van der Waals surface area contributed by atoms with Gasteiger partial charge in [-0.25, -0.2) is 4.98 Å². The molecule has 0 unspecified atom stereocenters. The van der Waals surface area contributed by atoms with Crippen molar-refractivity contribution in [2.24, 2.45) is 0 Å². The van der Waals surface area contributed by atoms with Crippen LogP contribution in [0.3, 0.4) is 0 Å². The minimum Gasteiger partial charge on any atom is -0.458 e. The fraction of sp³-hybridized carbons (Fsp3) is 0.163. The van der Waals surface area contributed by atoms with E-state index in [0.29, 0.717) is 0 Å². The number of benzene rings is 6. The first-order chi connectivity index (χ1) is 27.0. The Bertz CT molecular complexity index is 2570. The third-order valence-electron chi connectivity index (χ3n) is 12.0. The molecule has 4 aliphatic rings. The number of fused-ring (bicyclic) bond motifs is 8. The summed E-state index contributed by atoms with van der Waals surface area (Å²) < 4.78 is 6.89. The summed E-state index contributed by atoms with van der Waals surface area (Å²) in [5.41, 5.74) is 15.4. The van der Waals surface area contributed by atoms with Gasteiger partial charge >= 0.3 is 0 Å². The van der Waals surface area contributed by atoms with Crippen molar-refractivity contribution < 1.29 is 4.74 Å². The number of pyridine rings is 1. The Morgan fingerprint density at radius 1 is 0.500 bits per heavy atom. The van der Waals surface area contributed by atoms with Crippen molar-refractivity contribution in [3.05, 3.63) is 151 Å². The molecule has 11 rings (SSSR count). The van der Waals surface area contributed by atoms with Crippen LogP contribution in [0.15, 0.2) is 149 Å². The summed E-state index contributed by atoms with van der Waals surface area (Å²) in [4.78, 5) is 13.5. The predicted molar refractivity (Wildman–Crippen MR) is 237 cm³/mol. The summed E-state index contributed by atoms with van der Waals surface area (Å²) in [5, 5.41) is 0.